The largest absolute Gasteiger partial charge is 0.390 e. The van der Waals surface area contributed by atoms with Gasteiger partial charge in [0.05, 0.1) is 11.7 Å². The van der Waals surface area contributed by atoms with Crippen LogP contribution in [0.25, 0.3) is 0 Å². The second-order valence-corrected chi connectivity index (χ2v) is 5.24. The molecule has 1 aliphatic heterocycles. The Labute approximate surface area is 100 Å². The predicted octanol–water partition coefficient (Wildman–Crippen LogP) is 3.67. The van der Waals surface area contributed by atoms with E-state index in [4.69, 9.17) is 4.74 Å². The Bertz CT molecular complexity index is 182. The van der Waals surface area contributed by atoms with Gasteiger partial charge in [-0.25, -0.2) is 0 Å². The molecule has 0 aromatic rings. The van der Waals surface area contributed by atoms with E-state index in [2.05, 4.69) is 13.8 Å². The van der Waals surface area contributed by atoms with Crippen LogP contribution in [0, 0.1) is 0 Å². The molecule has 16 heavy (non-hydrogen) atoms. The normalized spacial score (nSPS) is 30.6. The minimum absolute atomic E-state index is 0.286. The zero-order valence-corrected chi connectivity index (χ0v) is 11.0. The third-order valence-corrected chi connectivity index (χ3v) is 3.73. The summed E-state index contributed by atoms with van der Waals surface area (Å²) in [6, 6.07) is 0. The van der Waals surface area contributed by atoms with Gasteiger partial charge in [-0.1, -0.05) is 46.0 Å². The number of aliphatic hydroxyl groups is 1. The van der Waals surface area contributed by atoms with Gasteiger partial charge in [0.25, 0.3) is 0 Å². The highest BCUT2D eigenvalue weighted by molar-refractivity contribution is 4.85. The molecule has 0 saturated carbocycles. The van der Waals surface area contributed by atoms with Crippen molar-refractivity contribution in [1.29, 1.82) is 0 Å². The highest BCUT2D eigenvalue weighted by Gasteiger charge is 2.33. The first-order valence-electron chi connectivity index (χ1n) is 7.04. The van der Waals surface area contributed by atoms with E-state index in [9.17, 15) is 5.11 Å². The van der Waals surface area contributed by atoms with Crippen LogP contribution < -0.4 is 0 Å². The zero-order valence-electron chi connectivity index (χ0n) is 11.0. The summed E-state index contributed by atoms with van der Waals surface area (Å²) in [6.07, 6.45) is 10.3. The highest BCUT2D eigenvalue weighted by Crippen LogP contribution is 2.31. The molecule has 0 aromatic carbocycles. The lowest BCUT2D eigenvalue weighted by Crippen LogP contribution is -2.40. The number of unbranched alkanes of at least 4 members (excludes halogenated alkanes) is 4. The molecule has 1 N–H and O–H groups in total. The summed E-state index contributed by atoms with van der Waals surface area (Å²) in [5.41, 5.74) is -0.425. The van der Waals surface area contributed by atoms with Crippen molar-refractivity contribution in [3.63, 3.8) is 0 Å². The maximum Gasteiger partial charge on any atom is 0.0694 e. The Morgan fingerprint density at radius 3 is 2.62 bits per heavy atom. The van der Waals surface area contributed by atoms with Crippen molar-refractivity contribution >= 4 is 0 Å². The van der Waals surface area contributed by atoms with Crippen LogP contribution in [-0.2, 0) is 4.74 Å². The molecule has 0 radical (unpaired) electrons. The molecular formula is C14H28O2. The molecule has 0 bridgehead atoms. The van der Waals surface area contributed by atoms with Crippen molar-refractivity contribution in [1.82, 2.24) is 0 Å². The van der Waals surface area contributed by atoms with Crippen molar-refractivity contribution < 1.29 is 9.84 Å². The molecule has 1 rings (SSSR count). The summed E-state index contributed by atoms with van der Waals surface area (Å²) < 4.78 is 5.61. The minimum Gasteiger partial charge on any atom is -0.390 e. The fraction of sp³-hybridized carbons (Fsp3) is 1.00. The Hall–Kier alpha value is -0.0800. The van der Waals surface area contributed by atoms with Gasteiger partial charge in [-0.2, -0.15) is 0 Å². The van der Waals surface area contributed by atoms with Crippen LogP contribution in [0.4, 0.5) is 0 Å². The Morgan fingerprint density at radius 2 is 1.94 bits per heavy atom. The summed E-state index contributed by atoms with van der Waals surface area (Å²) in [6.45, 7) is 5.11. The van der Waals surface area contributed by atoms with Crippen LogP contribution >= 0.6 is 0 Å². The Kier molecular flexibility index (Phi) is 6.37. The third kappa shape index (κ3) is 4.84. The van der Waals surface area contributed by atoms with Gasteiger partial charge in [0.2, 0.25) is 0 Å². The summed E-state index contributed by atoms with van der Waals surface area (Å²) in [5, 5.41) is 10.4. The van der Waals surface area contributed by atoms with E-state index in [0.29, 0.717) is 0 Å². The molecule has 0 spiro atoms. The van der Waals surface area contributed by atoms with Gasteiger partial charge in [0.15, 0.2) is 0 Å². The first-order chi connectivity index (χ1) is 7.70. The number of rotatable bonds is 7. The van der Waals surface area contributed by atoms with E-state index >= 15 is 0 Å². The van der Waals surface area contributed by atoms with Gasteiger partial charge in [0.1, 0.15) is 0 Å². The van der Waals surface area contributed by atoms with Crippen LogP contribution in [0.2, 0.25) is 0 Å². The van der Waals surface area contributed by atoms with Crippen LogP contribution in [-0.4, -0.2) is 23.4 Å². The summed E-state index contributed by atoms with van der Waals surface area (Å²) >= 11 is 0. The third-order valence-electron chi connectivity index (χ3n) is 3.73. The standard InChI is InChI=1S/C14H28O2/c1-3-5-6-7-8-9-14(15)10-11-16-13(4-2)12-14/h13,15H,3-12H2,1-2H3. The lowest BCUT2D eigenvalue weighted by Gasteiger charge is -2.36. The smallest absolute Gasteiger partial charge is 0.0694 e. The average Bonchev–Trinajstić information content (AvgIpc) is 2.29. The first-order valence-corrected chi connectivity index (χ1v) is 7.04. The van der Waals surface area contributed by atoms with E-state index in [1.54, 1.807) is 0 Å². The van der Waals surface area contributed by atoms with Crippen molar-refractivity contribution in [2.75, 3.05) is 6.61 Å². The van der Waals surface area contributed by atoms with E-state index in [1.807, 2.05) is 0 Å². The quantitative estimate of drug-likeness (QED) is 0.674. The monoisotopic (exact) mass is 228 g/mol. The lowest BCUT2D eigenvalue weighted by atomic mass is 9.85. The van der Waals surface area contributed by atoms with Gasteiger partial charge in [0, 0.05) is 13.0 Å². The van der Waals surface area contributed by atoms with Crippen molar-refractivity contribution in [3.8, 4) is 0 Å². The summed E-state index contributed by atoms with van der Waals surface area (Å²) in [4.78, 5) is 0. The molecule has 0 amide bonds. The molecular weight excluding hydrogens is 200 g/mol. The molecule has 1 fully saturated rings. The number of hydrogen-bond donors (Lipinski definition) is 1. The van der Waals surface area contributed by atoms with Gasteiger partial charge < -0.3 is 9.84 Å². The molecule has 1 aliphatic rings. The molecule has 1 saturated heterocycles. The maximum atomic E-state index is 10.4. The minimum atomic E-state index is -0.425. The molecule has 0 aromatic heterocycles. The van der Waals surface area contributed by atoms with Crippen molar-refractivity contribution in [2.45, 2.75) is 83.3 Å². The molecule has 0 aliphatic carbocycles. The first kappa shape index (κ1) is 14.0. The number of hydrogen-bond acceptors (Lipinski definition) is 2. The topological polar surface area (TPSA) is 29.5 Å². The SMILES string of the molecule is CCCCCCCC1(O)CCOC(CC)C1. The highest BCUT2D eigenvalue weighted by atomic mass is 16.5. The van der Waals surface area contributed by atoms with Gasteiger partial charge >= 0.3 is 0 Å². The Morgan fingerprint density at radius 1 is 1.19 bits per heavy atom. The Balaban J connectivity index is 2.17. The van der Waals surface area contributed by atoms with Crippen molar-refractivity contribution in [2.24, 2.45) is 0 Å². The van der Waals surface area contributed by atoms with Crippen LogP contribution in [0.15, 0.2) is 0 Å². The van der Waals surface area contributed by atoms with Gasteiger partial charge in [-0.05, 0) is 19.3 Å². The molecule has 2 unspecified atom stereocenters. The second kappa shape index (κ2) is 7.29. The van der Waals surface area contributed by atoms with E-state index < -0.39 is 5.60 Å². The summed E-state index contributed by atoms with van der Waals surface area (Å²) in [5.74, 6) is 0. The van der Waals surface area contributed by atoms with Gasteiger partial charge in [-0.15, -0.1) is 0 Å². The van der Waals surface area contributed by atoms with E-state index in [0.717, 1.165) is 32.3 Å². The zero-order chi connectivity index (χ0) is 11.9. The van der Waals surface area contributed by atoms with Gasteiger partial charge in [-0.3, -0.25) is 0 Å². The average molecular weight is 228 g/mol. The second-order valence-electron chi connectivity index (χ2n) is 5.24. The maximum absolute atomic E-state index is 10.4. The molecule has 2 heteroatoms. The van der Waals surface area contributed by atoms with Crippen molar-refractivity contribution in [3.05, 3.63) is 0 Å². The fourth-order valence-corrected chi connectivity index (χ4v) is 2.55. The molecule has 2 atom stereocenters. The summed E-state index contributed by atoms with van der Waals surface area (Å²) in [7, 11) is 0. The van der Waals surface area contributed by atoms with E-state index in [1.165, 1.54) is 32.1 Å². The lowest BCUT2D eigenvalue weighted by molar-refractivity contribution is -0.108. The van der Waals surface area contributed by atoms with E-state index in [-0.39, 0.29) is 6.10 Å². The fourth-order valence-electron chi connectivity index (χ4n) is 2.55. The molecule has 96 valence electrons. The predicted molar refractivity (Wildman–Crippen MR) is 67.6 cm³/mol. The molecule has 1 heterocycles. The van der Waals surface area contributed by atoms with Crippen LogP contribution in [0.3, 0.4) is 0 Å². The number of ether oxygens (including phenoxy) is 1. The van der Waals surface area contributed by atoms with Crippen LogP contribution in [0.1, 0.15) is 71.6 Å². The van der Waals surface area contributed by atoms with Crippen LogP contribution in [0.5, 0.6) is 0 Å². The molecule has 2 nitrogen and oxygen atoms in total.